The average molecular weight is 443 g/mol. The zero-order valence-electron chi connectivity index (χ0n) is 17.7. The Morgan fingerprint density at radius 2 is 1.19 bits per heavy atom. The van der Waals surface area contributed by atoms with Gasteiger partial charge in [-0.05, 0) is 69.7 Å². The summed E-state index contributed by atoms with van der Waals surface area (Å²) in [6.45, 7) is 23.3. The molecule has 146 valence electrons. The summed E-state index contributed by atoms with van der Waals surface area (Å²) in [7, 11) is -8.97. The molecule has 0 saturated heterocycles. The van der Waals surface area contributed by atoms with Crippen LogP contribution in [0.25, 0.3) is 6.08 Å². The average Bonchev–Trinajstić information content (AvgIpc) is 2.39. The fraction of sp³-hybridized carbons (Fsp3) is 0.529. The van der Waals surface area contributed by atoms with Gasteiger partial charge in [0.05, 0.1) is 0 Å². The van der Waals surface area contributed by atoms with E-state index in [-0.39, 0.29) is 9.76 Å². The molecule has 0 N–H and O–H groups in total. The fourth-order valence-corrected chi connectivity index (χ4v) is 15.8. The van der Waals surface area contributed by atoms with Crippen molar-refractivity contribution in [1.29, 1.82) is 0 Å². The van der Waals surface area contributed by atoms with Gasteiger partial charge >= 0.3 is 9.05 Å². The molecule has 0 aliphatic rings. The van der Waals surface area contributed by atoms with Crippen molar-refractivity contribution in [2.45, 2.75) is 58.9 Å². The highest BCUT2D eigenvalue weighted by Gasteiger charge is 2.53. The van der Waals surface area contributed by atoms with Gasteiger partial charge in [0, 0.05) is 0 Å². The van der Waals surface area contributed by atoms with Crippen LogP contribution in [0.1, 0.15) is 5.56 Å². The van der Waals surface area contributed by atoms with E-state index in [0.29, 0.717) is 0 Å². The first-order chi connectivity index (χ1) is 11.6. The quantitative estimate of drug-likeness (QED) is 0.497. The Bertz CT molecular complexity index is 562. The highest BCUT2D eigenvalue weighted by Crippen LogP contribution is 2.26. The summed E-state index contributed by atoms with van der Waals surface area (Å²) in [5, 5.41) is 1.09. The highest BCUT2D eigenvalue weighted by atomic mass is 28.5. The molecule has 4 nitrogen and oxygen atoms in total. The summed E-state index contributed by atoms with van der Waals surface area (Å²) < 4.78 is 26.0. The maximum absolute atomic E-state index is 6.53. The standard InChI is InChI=1S/C17H34O4Si5/c1-11-16-14-12-13-15-17(16)22-18-26(19-23(2,3)4,20-24(5,6)7)21-25(8,9)10/h11-15H,1H2,2-10H3. The lowest BCUT2D eigenvalue weighted by Crippen LogP contribution is -2.63. The monoisotopic (exact) mass is 442 g/mol. The topological polar surface area (TPSA) is 36.9 Å². The van der Waals surface area contributed by atoms with Crippen LogP contribution in [-0.4, -0.2) is 43.8 Å². The van der Waals surface area contributed by atoms with E-state index in [1.165, 1.54) is 0 Å². The van der Waals surface area contributed by atoms with Crippen molar-refractivity contribution in [3.63, 3.8) is 0 Å². The van der Waals surface area contributed by atoms with Gasteiger partial charge in [-0.3, -0.25) is 0 Å². The van der Waals surface area contributed by atoms with Crippen LogP contribution >= 0.6 is 0 Å². The van der Waals surface area contributed by atoms with Crippen LogP contribution in [0.3, 0.4) is 0 Å². The van der Waals surface area contributed by atoms with E-state index in [2.05, 4.69) is 71.6 Å². The van der Waals surface area contributed by atoms with Gasteiger partial charge in [0.1, 0.15) is 0 Å². The van der Waals surface area contributed by atoms with E-state index in [4.69, 9.17) is 16.5 Å². The van der Waals surface area contributed by atoms with Crippen molar-refractivity contribution in [2.75, 3.05) is 0 Å². The summed E-state index contributed by atoms with van der Waals surface area (Å²) in [6, 6.07) is 8.12. The molecule has 0 aromatic heterocycles. The molecule has 0 heterocycles. The third-order valence-corrected chi connectivity index (χ3v) is 15.2. The SMILES string of the molecule is C=Cc1ccccc1[Si]O[Si](O[Si](C)(C)C)(O[Si](C)(C)C)O[Si](C)(C)C. The second kappa shape index (κ2) is 8.92. The molecular weight excluding hydrogens is 409 g/mol. The third-order valence-electron chi connectivity index (χ3n) is 2.76. The number of benzene rings is 1. The molecule has 26 heavy (non-hydrogen) atoms. The first-order valence-corrected chi connectivity index (χ1v) is 21.7. The second-order valence-corrected chi connectivity index (χ2v) is 26.8. The fourth-order valence-electron chi connectivity index (χ4n) is 2.14. The number of hydrogen-bond acceptors (Lipinski definition) is 4. The minimum Gasteiger partial charge on any atom is -0.396 e. The molecule has 0 aliphatic carbocycles. The Balaban J connectivity index is 3.23. The summed E-state index contributed by atoms with van der Waals surface area (Å²) in [5.74, 6) is 0. The van der Waals surface area contributed by atoms with Crippen molar-refractivity contribution >= 4 is 55.0 Å². The first-order valence-electron chi connectivity index (χ1n) is 8.91. The summed E-state index contributed by atoms with van der Waals surface area (Å²) >= 11 is 0. The molecule has 9 heteroatoms. The molecule has 1 aromatic carbocycles. The van der Waals surface area contributed by atoms with Gasteiger partial charge in [-0.25, -0.2) is 0 Å². The highest BCUT2D eigenvalue weighted by molar-refractivity contribution is 6.89. The Morgan fingerprint density at radius 3 is 1.58 bits per heavy atom. The smallest absolute Gasteiger partial charge is 0.396 e. The van der Waals surface area contributed by atoms with Crippen molar-refractivity contribution in [3.8, 4) is 0 Å². The maximum atomic E-state index is 6.53. The predicted octanol–water partition coefficient (Wildman–Crippen LogP) is 4.58. The zero-order chi connectivity index (χ0) is 20.2. The summed E-state index contributed by atoms with van der Waals surface area (Å²) in [6.07, 6.45) is 1.85. The maximum Gasteiger partial charge on any atom is 0.637 e. The van der Waals surface area contributed by atoms with Crippen LogP contribution in [-0.2, 0) is 16.5 Å². The van der Waals surface area contributed by atoms with Crippen LogP contribution in [0.5, 0.6) is 0 Å². The lowest BCUT2D eigenvalue weighted by molar-refractivity contribution is 0.156. The molecule has 1 aromatic rings. The van der Waals surface area contributed by atoms with Gasteiger partial charge in [-0.15, -0.1) is 0 Å². The lowest BCUT2D eigenvalue weighted by Gasteiger charge is -2.41. The van der Waals surface area contributed by atoms with Crippen LogP contribution < -0.4 is 5.19 Å². The van der Waals surface area contributed by atoms with Crippen LogP contribution in [0, 0.1) is 0 Å². The van der Waals surface area contributed by atoms with E-state index in [1.54, 1.807) is 0 Å². The molecule has 0 amide bonds. The van der Waals surface area contributed by atoms with Gasteiger partial charge in [-0.2, -0.15) is 0 Å². The largest absolute Gasteiger partial charge is 0.637 e. The second-order valence-electron chi connectivity index (χ2n) is 9.14. The Morgan fingerprint density at radius 1 is 0.769 bits per heavy atom. The number of rotatable bonds is 10. The first kappa shape index (κ1) is 23.9. The van der Waals surface area contributed by atoms with E-state index >= 15 is 0 Å². The molecule has 2 radical (unpaired) electrons. The van der Waals surface area contributed by atoms with Crippen molar-refractivity contribution in [1.82, 2.24) is 0 Å². The Hall–Kier alpha value is -0.116. The van der Waals surface area contributed by atoms with E-state index in [9.17, 15) is 0 Å². The molecule has 0 aliphatic heterocycles. The van der Waals surface area contributed by atoms with E-state index < -0.39 is 34.0 Å². The normalized spacial score (nSPS) is 13.7. The Kier molecular flexibility index (Phi) is 8.21. The van der Waals surface area contributed by atoms with Crippen LogP contribution in [0.15, 0.2) is 30.8 Å². The number of hydrogen-bond donors (Lipinski definition) is 0. The Labute approximate surface area is 166 Å². The van der Waals surface area contributed by atoms with Crippen LogP contribution in [0.4, 0.5) is 0 Å². The van der Waals surface area contributed by atoms with Gasteiger partial charge in [0.2, 0.25) is 0 Å². The van der Waals surface area contributed by atoms with E-state index in [1.807, 2.05) is 24.3 Å². The molecule has 0 fully saturated rings. The predicted molar refractivity (Wildman–Crippen MR) is 122 cm³/mol. The van der Waals surface area contributed by atoms with Crippen molar-refractivity contribution in [2.24, 2.45) is 0 Å². The van der Waals surface area contributed by atoms with E-state index in [0.717, 1.165) is 10.8 Å². The van der Waals surface area contributed by atoms with Gasteiger partial charge in [-0.1, -0.05) is 36.9 Å². The molecule has 0 bridgehead atoms. The minimum atomic E-state index is -3.26. The van der Waals surface area contributed by atoms with Gasteiger partial charge in [0.15, 0.2) is 25.0 Å². The molecule has 1 rings (SSSR count). The minimum absolute atomic E-state index is 0.101. The van der Waals surface area contributed by atoms with Crippen molar-refractivity contribution < 1.29 is 16.5 Å². The zero-order valence-corrected chi connectivity index (χ0v) is 22.7. The van der Waals surface area contributed by atoms with Crippen LogP contribution in [0.2, 0.25) is 58.9 Å². The molecule has 0 saturated carbocycles. The lowest BCUT2D eigenvalue weighted by atomic mass is 10.2. The molecule has 0 unspecified atom stereocenters. The summed E-state index contributed by atoms with van der Waals surface area (Å²) in [4.78, 5) is 0. The summed E-state index contributed by atoms with van der Waals surface area (Å²) in [5.41, 5.74) is 1.07. The van der Waals surface area contributed by atoms with Gasteiger partial charge in [0.25, 0.3) is 9.76 Å². The van der Waals surface area contributed by atoms with Gasteiger partial charge < -0.3 is 16.5 Å². The molecular formula is C17H34O4Si5. The molecule has 0 atom stereocenters. The third kappa shape index (κ3) is 9.19. The molecule has 0 spiro atoms. The van der Waals surface area contributed by atoms with Crippen molar-refractivity contribution in [3.05, 3.63) is 36.4 Å².